The van der Waals surface area contributed by atoms with Crippen molar-refractivity contribution in [3.05, 3.63) is 29.8 Å². The normalized spacial score (nSPS) is 25.3. The summed E-state index contributed by atoms with van der Waals surface area (Å²) in [6, 6.07) is 6.79. The van der Waals surface area contributed by atoms with Crippen molar-refractivity contribution in [3.63, 3.8) is 0 Å². The van der Waals surface area contributed by atoms with Gasteiger partial charge in [0.2, 0.25) is 10.0 Å². The standard InChI is InChI=1S/C16H26N2O2S/c1-12-7-4-3-5-10-16(12)18-21(19,20)15-9-6-8-14(11-15)13(2)17/h6,8-9,11-13,16,18H,3-5,7,10,17H2,1-2H3. The minimum absolute atomic E-state index is 0.0384. The zero-order valence-corrected chi connectivity index (χ0v) is 13.7. The monoisotopic (exact) mass is 310 g/mol. The highest BCUT2D eigenvalue weighted by atomic mass is 32.2. The summed E-state index contributed by atoms with van der Waals surface area (Å²) in [6.45, 7) is 3.99. The summed E-state index contributed by atoms with van der Waals surface area (Å²) < 4.78 is 28.1. The van der Waals surface area contributed by atoms with E-state index in [0.717, 1.165) is 24.8 Å². The molecule has 0 aliphatic heterocycles. The molecular weight excluding hydrogens is 284 g/mol. The molecule has 1 aromatic carbocycles. The summed E-state index contributed by atoms with van der Waals surface area (Å²) in [5.74, 6) is 0.388. The van der Waals surface area contributed by atoms with E-state index in [1.165, 1.54) is 12.8 Å². The highest BCUT2D eigenvalue weighted by Crippen LogP contribution is 2.25. The molecule has 0 aromatic heterocycles. The first-order chi connectivity index (χ1) is 9.90. The van der Waals surface area contributed by atoms with Crippen molar-refractivity contribution >= 4 is 10.0 Å². The topological polar surface area (TPSA) is 72.2 Å². The Kier molecular flexibility index (Phi) is 5.41. The molecule has 0 saturated heterocycles. The first-order valence-electron chi connectivity index (χ1n) is 7.78. The molecule has 0 spiro atoms. The van der Waals surface area contributed by atoms with Crippen LogP contribution in [-0.2, 0) is 10.0 Å². The van der Waals surface area contributed by atoms with E-state index < -0.39 is 10.0 Å². The molecular formula is C16H26N2O2S. The van der Waals surface area contributed by atoms with E-state index >= 15 is 0 Å². The van der Waals surface area contributed by atoms with Gasteiger partial charge in [0.05, 0.1) is 4.90 Å². The summed E-state index contributed by atoms with van der Waals surface area (Å²) >= 11 is 0. The van der Waals surface area contributed by atoms with Gasteiger partial charge in [0.25, 0.3) is 0 Å². The lowest BCUT2D eigenvalue weighted by Crippen LogP contribution is -2.38. The lowest BCUT2D eigenvalue weighted by molar-refractivity contribution is 0.399. The van der Waals surface area contributed by atoms with Crippen molar-refractivity contribution in [1.29, 1.82) is 0 Å². The summed E-state index contributed by atoms with van der Waals surface area (Å²) in [5, 5.41) is 0. The van der Waals surface area contributed by atoms with Crippen molar-refractivity contribution in [3.8, 4) is 0 Å². The lowest BCUT2D eigenvalue weighted by Gasteiger charge is -2.23. The molecule has 0 radical (unpaired) electrons. The maximum absolute atomic E-state index is 12.6. The van der Waals surface area contributed by atoms with Crippen molar-refractivity contribution in [1.82, 2.24) is 4.72 Å². The number of sulfonamides is 1. The van der Waals surface area contributed by atoms with E-state index in [4.69, 9.17) is 5.73 Å². The summed E-state index contributed by atoms with van der Waals surface area (Å²) in [7, 11) is -3.47. The van der Waals surface area contributed by atoms with Crippen LogP contribution in [0.5, 0.6) is 0 Å². The van der Waals surface area contributed by atoms with Crippen molar-refractivity contribution < 1.29 is 8.42 Å². The molecule has 4 nitrogen and oxygen atoms in total. The Bertz CT molecular complexity index is 569. The SMILES string of the molecule is CC(N)c1cccc(S(=O)(=O)NC2CCCCCC2C)c1. The molecule has 0 amide bonds. The molecule has 1 aromatic rings. The average molecular weight is 310 g/mol. The van der Waals surface area contributed by atoms with Gasteiger partial charge in [0.15, 0.2) is 0 Å². The minimum atomic E-state index is -3.47. The molecule has 1 aliphatic carbocycles. The van der Waals surface area contributed by atoms with E-state index in [2.05, 4.69) is 11.6 Å². The first kappa shape index (κ1) is 16.5. The number of benzene rings is 1. The number of rotatable bonds is 4. The van der Waals surface area contributed by atoms with Crippen LogP contribution >= 0.6 is 0 Å². The Balaban J connectivity index is 2.19. The summed E-state index contributed by atoms with van der Waals surface area (Å²) in [6.07, 6.45) is 5.50. The third-order valence-corrected chi connectivity index (χ3v) is 5.85. The molecule has 3 unspecified atom stereocenters. The van der Waals surface area contributed by atoms with E-state index in [9.17, 15) is 8.42 Å². The van der Waals surface area contributed by atoms with Crippen LogP contribution in [-0.4, -0.2) is 14.5 Å². The molecule has 5 heteroatoms. The predicted octanol–water partition coefficient (Wildman–Crippen LogP) is 2.95. The largest absolute Gasteiger partial charge is 0.324 e. The van der Waals surface area contributed by atoms with E-state index in [0.29, 0.717) is 10.8 Å². The lowest BCUT2D eigenvalue weighted by atomic mass is 9.98. The quantitative estimate of drug-likeness (QED) is 0.840. The third-order valence-electron chi connectivity index (χ3n) is 4.36. The Hall–Kier alpha value is -0.910. The summed E-state index contributed by atoms with van der Waals surface area (Å²) in [5.41, 5.74) is 6.68. The Labute approximate surface area is 128 Å². The van der Waals surface area contributed by atoms with Gasteiger partial charge < -0.3 is 5.73 Å². The van der Waals surface area contributed by atoms with Crippen molar-refractivity contribution in [2.75, 3.05) is 0 Å². The molecule has 2 rings (SSSR count). The van der Waals surface area contributed by atoms with Gasteiger partial charge in [-0.3, -0.25) is 0 Å². The van der Waals surface area contributed by atoms with Crippen LogP contribution in [0, 0.1) is 5.92 Å². The highest BCUT2D eigenvalue weighted by Gasteiger charge is 2.25. The highest BCUT2D eigenvalue weighted by molar-refractivity contribution is 7.89. The van der Waals surface area contributed by atoms with Gasteiger partial charge in [-0.25, -0.2) is 13.1 Å². The zero-order chi connectivity index (χ0) is 15.5. The molecule has 1 fully saturated rings. The fourth-order valence-corrected chi connectivity index (χ4v) is 4.33. The zero-order valence-electron chi connectivity index (χ0n) is 12.9. The molecule has 3 atom stereocenters. The van der Waals surface area contributed by atoms with Crippen LogP contribution in [0.25, 0.3) is 0 Å². The number of nitrogens with two attached hydrogens (primary N) is 1. The second kappa shape index (κ2) is 6.90. The van der Waals surface area contributed by atoms with Crippen molar-refractivity contribution in [2.45, 2.75) is 62.9 Å². The first-order valence-corrected chi connectivity index (χ1v) is 9.26. The van der Waals surface area contributed by atoms with Gasteiger partial charge in [-0.05, 0) is 43.4 Å². The van der Waals surface area contributed by atoms with Crippen LogP contribution in [0.15, 0.2) is 29.2 Å². The Morgan fingerprint density at radius 2 is 1.95 bits per heavy atom. The molecule has 0 bridgehead atoms. The van der Waals surface area contributed by atoms with Gasteiger partial charge in [0.1, 0.15) is 0 Å². The molecule has 3 N–H and O–H groups in total. The molecule has 118 valence electrons. The van der Waals surface area contributed by atoms with Gasteiger partial charge in [-0.2, -0.15) is 0 Å². The second-order valence-electron chi connectivity index (χ2n) is 6.20. The van der Waals surface area contributed by atoms with E-state index in [-0.39, 0.29) is 12.1 Å². The predicted molar refractivity (Wildman–Crippen MR) is 85.4 cm³/mol. The molecule has 0 heterocycles. The third kappa shape index (κ3) is 4.28. The fourth-order valence-electron chi connectivity index (χ4n) is 2.90. The maximum Gasteiger partial charge on any atom is 0.240 e. The van der Waals surface area contributed by atoms with Crippen LogP contribution in [0.1, 0.15) is 57.6 Å². The Morgan fingerprint density at radius 3 is 2.67 bits per heavy atom. The fraction of sp³-hybridized carbons (Fsp3) is 0.625. The number of nitrogens with one attached hydrogen (secondary N) is 1. The van der Waals surface area contributed by atoms with Crippen LogP contribution in [0.4, 0.5) is 0 Å². The van der Waals surface area contributed by atoms with Crippen LogP contribution < -0.4 is 10.5 Å². The molecule has 1 saturated carbocycles. The summed E-state index contributed by atoms with van der Waals surface area (Å²) in [4.78, 5) is 0.314. The van der Waals surface area contributed by atoms with Crippen LogP contribution in [0.3, 0.4) is 0 Å². The van der Waals surface area contributed by atoms with Crippen LogP contribution in [0.2, 0.25) is 0 Å². The van der Waals surface area contributed by atoms with Gasteiger partial charge in [-0.1, -0.05) is 38.3 Å². The average Bonchev–Trinajstić information content (AvgIpc) is 2.64. The number of hydrogen-bond donors (Lipinski definition) is 2. The number of hydrogen-bond acceptors (Lipinski definition) is 3. The van der Waals surface area contributed by atoms with E-state index in [1.54, 1.807) is 18.2 Å². The second-order valence-corrected chi connectivity index (χ2v) is 7.92. The molecule has 1 aliphatic rings. The van der Waals surface area contributed by atoms with E-state index in [1.807, 2.05) is 13.0 Å². The smallest absolute Gasteiger partial charge is 0.240 e. The van der Waals surface area contributed by atoms with Crippen molar-refractivity contribution in [2.24, 2.45) is 11.7 Å². The van der Waals surface area contributed by atoms with Gasteiger partial charge >= 0.3 is 0 Å². The Morgan fingerprint density at radius 1 is 1.24 bits per heavy atom. The maximum atomic E-state index is 12.6. The van der Waals surface area contributed by atoms with Gasteiger partial charge in [0, 0.05) is 12.1 Å². The van der Waals surface area contributed by atoms with Gasteiger partial charge in [-0.15, -0.1) is 0 Å². The molecule has 21 heavy (non-hydrogen) atoms. The minimum Gasteiger partial charge on any atom is -0.324 e.